The van der Waals surface area contributed by atoms with Crippen molar-refractivity contribution in [1.29, 1.82) is 0 Å². The summed E-state index contributed by atoms with van der Waals surface area (Å²) in [5.74, 6) is 0.656. The van der Waals surface area contributed by atoms with Crippen LogP contribution in [0.15, 0.2) is 14.6 Å². The summed E-state index contributed by atoms with van der Waals surface area (Å²) in [6, 6.07) is 0.0816. The van der Waals surface area contributed by atoms with Crippen LogP contribution in [-0.2, 0) is 9.53 Å². The second-order valence-electron chi connectivity index (χ2n) is 7.31. The molecule has 0 bridgehead atoms. The van der Waals surface area contributed by atoms with Gasteiger partial charge in [0.1, 0.15) is 27.6 Å². The highest BCUT2D eigenvalue weighted by Crippen LogP contribution is 2.42. The lowest BCUT2D eigenvalue weighted by molar-refractivity contribution is -0.140. The molecule has 8 nitrogen and oxygen atoms in total. The second-order valence-corrected chi connectivity index (χ2v) is 8.50. The number of fused-ring (bicyclic) bond motifs is 1. The summed E-state index contributed by atoms with van der Waals surface area (Å²) in [7, 11) is 0. The fourth-order valence-electron chi connectivity index (χ4n) is 3.37. The van der Waals surface area contributed by atoms with Crippen LogP contribution in [0.5, 0.6) is 0 Å². The minimum Gasteiger partial charge on any atom is -0.462 e. The van der Waals surface area contributed by atoms with Crippen LogP contribution in [0.25, 0.3) is 11.0 Å². The molecule has 2 aromatic heterocycles. The SMILES string of the molecule is C[C@H]1C[C@H](Sc2nc(C3CC3)nc3c2c(=O)[nH]c(=O)n3C2CC2)C(=O)O1. The molecule has 136 valence electrons. The van der Waals surface area contributed by atoms with Crippen molar-refractivity contribution >= 4 is 28.8 Å². The summed E-state index contributed by atoms with van der Waals surface area (Å²) in [4.78, 5) is 48.5. The third-order valence-corrected chi connectivity index (χ3v) is 6.19. The zero-order valence-electron chi connectivity index (χ0n) is 14.2. The van der Waals surface area contributed by atoms with E-state index in [0.717, 1.165) is 25.7 Å². The summed E-state index contributed by atoms with van der Waals surface area (Å²) in [5, 5.41) is 0.387. The molecule has 26 heavy (non-hydrogen) atoms. The van der Waals surface area contributed by atoms with Crippen molar-refractivity contribution in [1.82, 2.24) is 19.5 Å². The van der Waals surface area contributed by atoms with Crippen LogP contribution in [-0.4, -0.2) is 36.8 Å². The highest BCUT2D eigenvalue weighted by molar-refractivity contribution is 8.00. The van der Waals surface area contributed by atoms with E-state index in [1.165, 1.54) is 11.8 Å². The zero-order chi connectivity index (χ0) is 18.0. The summed E-state index contributed by atoms with van der Waals surface area (Å²) >= 11 is 1.25. The number of ether oxygens (including phenoxy) is 1. The highest BCUT2D eigenvalue weighted by atomic mass is 32.2. The number of carbonyl (C=O) groups is 1. The van der Waals surface area contributed by atoms with Gasteiger partial charge in [0.15, 0.2) is 5.65 Å². The molecule has 0 amide bonds. The number of thioether (sulfide) groups is 1. The van der Waals surface area contributed by atoms with Crippen LogP contribution >= 0.6 is 11.8 Å². The zero-order valence-corrected chi connectivity index (χ0v) is 15.0. The first-order valence-corrected chi connectivity index (χ1v) is 9.83. The maximum atomic E-state index is 12.6. The molecule has 3 aliphatic rings. The molecule has 0 spiro atoms. The molecule has 0 radical (unpaired) electrons. The van der Waals surface area contributed by atoms with E-state index in [4.69, 9.17) is 4.74 Å². The molecule has 2 saturated carbocycles. The first kappa shape index (κ1) is 16.0. The van der Waals surface area contributed by atoms with Gasteiger partial charge in [-0.25, -0.2) is 14.8 Å². The van der Waals surface area contributed by atoms with Crippen LogP contribution in [0.2, 0.25) is 0 Å². The van der Waals surface area contributed by atoms with Crippen LogP contribution in [0.3, 0.4) is 0 Å². The van der Waals surface area contributed by atoms with Gasteiger partial charge in [-0.05, 0) is 32.6 Å². The van der Waals surface area contributed by atoms with Gasteiger partial charge >= 0.3 is 11.7 Å². The van der Waals surface area contributed by atoms with Crippen LogP contribution in [0, 0.1) is 0 Å². The third kappa shape index (κ3) is 2.65. The van der Waals surface area contributed by atoms with Crippen LogP contribution < -0.4 is 11.2 Å². The number of H-pyrrole nitrogens is 1. The van der Waals surface area contributed by atoms with Gasteiger partial charge in [-0.2, -0.15) is 0 Å². The molecule has 3 heterocycles. The van der Waals surface area contributed by atoms with E-state index in [1.807, 2.05) is 6.92 Å². The molecule has 1 N–H and O–H groups in total. The summed E-state index contributed by atoms with van der Waals surface area (Å²) < 4.78 is 6.81. The number of aromatic nitrogens is 4. The maximum absolute atomic E-state index is 12.6. The van der Waals surface area contributed by atoms with E-state index >= 15 is 0 Å². The first-order valence-electron chi connectivity index (χ1n) is 8.95. The van der Waals surface area contributed by atoms with Gasteiger partial charge in [0.2, 0.25) is 0 Å². The molecular formula is C17H18N4O4S. The quantitative estimate of drug-likeness (QED) is 0.638. The van der Waals surface area contributed by atoms with Crippen molar-refractivity contribution in [3.8, 4) is 0 Å². The standard InChI is InChI=1S/C17H18N4O4S/c1-7-6-10(16(23)25-7)26-15-11-13(18-12(19-15)8-2-3-8)21(9-4-5-9)17(24)20-14(11)22/h7-10H,2-6H2,1H3,(H,20,22,24)/t7-,10-/m0/s1. The Morgan fingerprint density at radius 1 is 1.15 bits per heavy atom. The average molecular weight is 374 g/mol. The number of carbonyl (C=O) groups excluding carboxylic acids is 1. The van der Waals surface area contributed by atoms with Gasteiger partial charge in [0.05, 0.1) is 0 Å². The Labute approximate surface area is 152 Å². The Morgan fingerprint density at radius 2 is 1.92 bits per heavy atom. The predicted octanol–water partition coefficient (Wildman–Crippen LogP) is 1.49. The number of esters is 1. The van der Waals surface area contributed by atoms with Crippen LogP contribution in [0.1, 0.15) is 56.8 Å². The Kier molecular flexibility index (Phi) is 3.50. The Bertz CT molecular complexity index is 1040. The molecule has 2 atom stereocenters. The van der Waals surface area contributed by atoms with Crippen molar-refractivity contribution in [3.63, 3.8) is 0 Å². The van der Waals surface area contributed by atoms with Gasteiger partial charge in [-0.3, -0.25) is 19.1 Å². The van der Waals surface area contributed by atoms with Gasteiger partial charge in [0.25, 0.3) is 5.56 Å². The topological polar surface area (TPSA) is 107 Å². The number of aromatic amines is 1. The number of hydrogen-bond donors (Lipinski definition) is 1. The number of nitrogens with zero attached hydrogens (tertiary/aromatic N) is 3. The fourth-order valence-corrected chi connectivity index (χ4v) is 4.60. The molecule has 1 aliphatic heterocycles. The lowest BCUT2D eigenvalue weighted by Crippen LogP contribution is -2.31. The average Bonchev–Trinajstić information content (AvgIpc) is 3.47. The van der Waals surface area contributed by atoms with Crippen molar-refractivity contribution in [2.45, 2.75) is 67.4 Å². The summed E-state index contributed by atoms with van der Waals surface area (Å²) in [6.07, 6.45) is 4.26. The Morgan fingerprint density at radius 3 is 2.54 bits per heavy atom. The van der Waals surface area contributed by atoms with E-state index in [0.29, 0.717) is 28.3 Å². The van der Waals surface area contributed by atoms with E-state index < -0.39 is 16.5 Å². The maximum Gasteiger partial charge on any atom is 0.330 e. The molecule has 5 rings (SSSR count). The minimum atomic E-state index is -0.494. The largest absolute Gasteiger partial charge is 0.462 e. The van der Waals surface area contributed by atoms with Gasteiger partial charge in [0, 0.05) is 18.4 Å². The predicted molar refractivity (Wildman–Crippen MR) is 94.5 cm³/mol. The van der Waals surface area contributed by atoms with Gasteiger partial charge in [-0.1, -0.05) is 11.8 Å². The molecule has 9 heteroatoms. The van der Waals surface area contributed by atoms with Crippen molar-refractivity contribution in [3.05, 3.63) is 26.7 Å². The monoisotopic (exact) mass is 374 g/mol. The van der Waals surface area contributed by atoms with E-state index in [-0.39, 0.29) is 24.0 Å². The minimum absolute atomic E-state index is 0.0816. The smallest absolute Gasteiger partial charge is 0.330 e. The molecule has 2 aliphatic carbocycles. The first-order chi connectivity index (χ1) is 12.5. The second kappa shape index (κ2) is 5.67. The molecule has 0 aromatic carbocycles. The number of nitrogens with one attached hydrogen (secondary N) is 1. The molecule has 1 saturated heterocycles. The Balaban J connectivity index is 1.71. The molecule has 0 unspecified atom stereocenters. The van der Waals surface area contributed by atoms with Crippen molar-refractivity contribution in [2.24, 2.45) is 0 Å². The number of hydrogen-bond acceptors (Lipinski definition) is 7. The lowest BCUT2D eigenvalue weighted by Gasteiger charge is -2.13. The molecular weight excluding hydrogens is 356 g/mol. The lowest BCUT2D eigenvalue weighted by atomic mass is 10.3. The van der Waals surface area contributed by atoms with Crippen molar-refractivity contribution < 1.29 is 9.53 Å². The molecule has 2 aromatic rings. The highest BCUT2D eigenvalue weighted by Gasteiger charge is 2.36. The third-order valence-electron chi connectivity index (χ3n) is 5.00. The van der Waals surface area contributed by atoms with E-state index in [2.05, 4.69) is 15.0 Å². The summed E-state index contributed by atoms with van der Waals surface area (Å²) in [6.45, 7) is 1.85. The van der Waals surface area contributed by atoms with Crippen molar-refractivity contribution in [2.75, 3.05) is 0 Å². The summed E-state index contributed by atoms with van der Waals surface area (Å²) in [5.41, 5.74) is -0.512. The molecule has 3 fully saturated rings. The van der Waals surface area contributed by atoms with E-state index in [1.54, 1.807) is 4.57 Å². The van der Waals surface area contributed by atoms with Gasteiger partial charge < -0.3 is 4.74 Å². The number of cyclic esters (lactones) is 1. The number of rotatable bonds is 4. The fraction of sp³-hybridized carbons (Fsp3) is 0.588. The van der Waals surface area contributed by atoms with Crippen LogP contribution in [0.4, 0.5) is 0 Å². The Hall–Kier alpha value is -2.16. The van der Waals surface area contributed by atoms with E-state index in [9.17, 15) is 14.4 Å². The normalized spacial score (nSPS) is 25.7. The van der Waals surface area contributed by atoms with Gasteiger partial charge in [-0.15, -0.1) is 0 Å².